The van der Waals surface area contributed by atoms with E-state index in [1.165, 1.54) is 18.2 Å². The van der Waals surface area contributed by atoms with Crippen LogP contribution in [-0.4, -0.2) is 19.1 Å². The number of carbonyl (C=O) groups excluding carboxylic acids is 1. The lowest BCUT2D eigenvalue weighted by Crippen LogP contribution is -2.17. The van der Waals surface area contributed by atoms with Crippen LogP contribution in [0, 0.1) is 5.82 Å². The Hall–Kier alpha value is -1.29. The standard InChI is InChI=1S/C10H11ClFNO2/c1-2-15-10(14)6-13-9-5-7(11)3-4-8(9)12/h3-5,13H,2,6H2,1H3. The minimum absolute atomic E-state index is 0.0783. The molecule has 0 amide bonds. The van der Waals surface area contributed by atoms with E-state index in [4.69, 9.17) is 11.6 Å². The van der Waals surface area contributed by atoms with E-state index in [1.807, 2.05) is 0 Å². The Morgan fingerprint density at radius 1 is 1.60 bits per heavy atom. The molecule has 0 saturated heterocycles. The molecule has 0 aliphatic rings. The third-order valence-corrected chi connectivity index (χ3v) is 1.89. The highest BCUT2D eigenvalue weighted by Gasteiger charge is 2.05. The lowest BCUT2D eigenvalue weighted by atomic mass is 10.3. The van der Waals surface area contributed by atoms with Gasteiger partial charge in [-0.3, -0.25) is 4.79 Å². The molecule has 1 N–H and O–H groups in total. The number of benzene rings is 1. The molecule has 0 spiro atoms. The SMILES string of the molecule is CCOC(=O)CNc1cc(Cl)ccc1F. The van der Waals surface area contributed by atoms with Gasteiger partial charge in [0.2, 0.25) is 0 Å². The Bertz CT molecular complexity index is 357. The van der Waals surface area contributed by atoms with Gasteiger partial charge in [-0.15, -0.1) is 0 Å². The number of halogens is 2. The molecule has 0 aromatic heterocycles. The van der Waals surface area contributed by atoms with Crippen LogP contribution in [0.25, 0.3) is 0 Å². The highest BCUT2D eigenvalue weighted by molar-refractivity contribution is 6.30. The average Bonchev–Trinajstić information content (AvgIpc) is 2.20. The molecule has 0 fully saturated rings. The monoisotopic (exact) mass is 231 g/mol. The maximum absolute atomic E-state index is 13.1. The number of ether oxygens (including phenoxy) is 1. The van der Waals surface area contributed by atoms with E-state index in [0.717, 1.165) is 0 Å². The van der Waals surface area contributed by atoms with Gasteiger partial charge in [0.1, 0.15) is 12.4 Å². The highest BCUT2D eigenvalue weighted by Crippen LogP contribution is 2.19. The van der Waals surface area contributed by atoms with Crippen molar-refractivity contribution < 1.29 is 13.9 Å². The molecular weight excluding hydrogens is 221 g/mol. The van der Waals surface area contributed by atoms with Gasteiger partial charge in [-0.2, -0.15) is 0 Å². The summed E-state index contributed by atoms with van der Waals surface area (Å²) in [5, 5.41) is 3.01. The lowest BCUT2D eigenvalue weighted by Gasteiger charge is -2.07. The normalized spacial score (nSPS) is 9.80. The third kappa shape index (κ3) is 3.75. The summed E-state index contributed by atoms with van der Waals surface area (Å²) >= 11 is 5.67. The minimum Gasteiger partial charge on any atom is -0.465 e. The Labute approximate surface area is 92.2 Å². The zero-order valence-electron chi connectivity index (χ0n) is 8.22. The zero-order valence-corrected chi connectivity index (χ0v) is 8.97. The van der Waals surface area contributed by atoms with Gasteiger partial charge in [0, 0.05) is 5.02 Å². The maximum Gasteiger partial charge on any atom is 0.325 e. The van der Waals surface area contributed by atoms with Crippen molar-refractivity contribution in [3.63, 3.8) is 0 Å². The predicted octanol–water partition coefficient (Wildman–Crippen LogP) is 2.45. The van der Waals surface area contributed by atoms with Crippen LogP contribution in [-0.2, 0) is 9.53 Å². The lowest BCUT2D eigenvalue weighted by molar-refractivity contribution is -0.140. The van der Waals surface area contributed by atoms with Crippen molar-refractivity contribution in [1.29, 1.82) is 0 Å². The van der Waals surface area contributed by atoms with Crippen molar-refractivity contribution in [2.45, 2.75) is 6.92 Å². The van der Waals surface area contributed by atoms with E-state index < -0.39 is 11.8 Å². The second-order valence-electron chi connectivity index (χ2n) is 2.78. The van der Waals surface area contributed by atoms with Gasteiger partial charge in [0.05, 0.1) is 12.3 Å². The Morgan fingerprint density at radius 2 is 2.33 bits per heavy atom. The fourth-order valence-corrected chi connectivity index (χ4v) is 1.18. The fraction of sp³-hybridized carbons (Fsp3) is 0.300. The molecule has 0 atom stereocenters. The van der Waals surface area contributed by atoms with Gasteiger partial charge >= 0.3 is 5.97 Å². The Balaban J connectivity index is 2.57. The summed E-state index contributed by atoms with van der Waals surface area (Å²) in [6.45, 7) is 1.93. The summed E-state index contributed by atoms with van der Waals surface area (Å²) in [4.78, 5) is 11.0. The molecule has 82 valence electrons. The van der Waals surface area contributed by atoms with E-state index in [-0.39, 0.29) is 12.2 Å². The maximum atomic E-state index is 13.1. The molecule has 1 aromatic carbocycles. The van der Waals surface area contributed by atoms with Gasteiger partial charge in [-0.25, -0.2) is 4.39 Å². The molecule has 0 bridgehead atoms. The molecular formula is C10H11ClFNO2. The molecule has 1 rings (SSSR count). The summed E-state index contributed by atoms with van der Waals surface area (Å²) < 4.78 is 17.8. The molecule has 0 unspecified atom stereocenters. The molecule has 0 heterocycles. The van der Waals surface area contributed by atoms with Gasteiger partial charge in [0.25, 0.3) is 0 Å². The van der Waals surface area contributed by atoms with E-state index in [1.54, 1.807) is 6.92 Å². The van der Waals surface area contributed by atoms with Crippen LogP contribution < -0.4 is 5.32 Å². The largest absolute Gasteiger partial charge is 0.465 e. The fourth-order valence-electron chi connectivity index (χ4n) is 1.01. The topological polar surface area (TPSA) is 38.3 Å². The Kier molecular flexibility index (Phi) is 4.37. The second-order valence-corrected chi connectivity index (χ2v) is 3.22. The van der Waals surface area contributed by atoms with E-state index in [9.17, 15) is 9.18 Å². The van der Waals surface area contributed by atoms with Crippen LogP contribution >= 0.6 is 11.6 Å². The number of anilines is 1. The van der Waals surface area contributed by atoms with Crippen molar-refractivity contribution in [3.05, 3.63) is 29.0 Å². The quantitative estimate of drug-likeness (QED) is 0.809. The van der Waals surface area contributed by atoms with Gasteiger partial charge in [-0.1, -0.05) is 11.6 Å². The summed E-state index contributed by atoms with van der Waals surface area (Å²) in [6, 6.07) is 4.08. The Morgan fingerprint density at radius 3 is 3.00 bits per heavy atom. The number of carbonyl (C=O) groups is 1. The first-order valence-corrected chi connectivity index (χ1v) is 4.86. The zero-order chi connectivity index (χ0) is 11.3. The first-order chi connectivity index (χ1) is 7.13. The molecule has 5 heteroatoms. The summed E-state index contributed by atoms with van der Waals surface area (Å²) in [7, 11) is 0. The van der Waals surface area contributed by atoms with Gasteiger partial charge in [0.15, 0.2) is 0 Å². The molecule has 15 heavy (non-hydrogen) atoms. The summed E-state index contributed by atoms with van der Waals surface area (Å²) in [5.41, 5.74) is 0.190. The van der Waals surface area contributed by atoms with E-state index in [0.29, 0.717) is 11.6 Å². The summed E-state index contributed by atoms with van der Waals surface area (Å²) in [5.74, 6) is -0.888. The van der Waals surface area contributed by atoms with Crippen molar-refractivity contribution in [2.24, 2.45) is 0 Å². The van der Waals surface area contributed by atoms with Crippen LogP contribution in [0.5, 0.6) is 0 Å². The number of hydrogen-bond donors (Lipinski definition) is 1. The average molecular weight is 232 g/mol. The van der Waals surface area contributed by atoms with Crippen molar-refractivity contribution in [3.8, 4) is 0 Å². The molecule has 1 aromatic rings. The highest BCUT2D eigenvalue weighted by atomic mass is 35.5. The van der Waals surface area contributed by atoms with Crippen LogP contribution in [0.1, 0.15) is 6.92 Å². The van der Waals surface area contributed by atoms with Crippen molar-refractivity contribution in [1.82, 2.24) is 0 Å². The van der Waals surface area contributed by atoms with Crippen molar-refractivity contribution >= 4 is 23.3 Å². The number of esters is 1. The van der Waals surface area contributed by atoms with E-state index >= 15 is 0 Å². The molecule has 3 nitrogen and oxygen atoms in total. The first kappa shape index (κ1) is 11.8. The van der Waals surface area contributed by atoms with Gasteiger partial charge in [-0.05, 0) is 25.1 Å². The van der Waals surface area contributed by atoms with Crippen LogP contribution in [0.4, 0.5) is 10.1 Å². The number of rotatable bonds is 4. The third-order valence-electron chi connectivity index (χ3n) is 1.66. The second kappa shape index (κ2) is 5.56. The van der Waals surface area contributed by atoms with Crippen molar-refractivity contribution in [2.75, 3.05) is 18.5 Å². The van der Waals surface area contributed by atoms with Gasteiger partial charge < -0.3 is 10.1 Å². The van der Waals surface area contributed by atoms with E-state index in [2.05, 4.69) is 10.1 Å². The molecule has 0 radical (unpaired) electrons. The predicted molar refractivity (Wildman–Crippen MR) is 56.5 cm³/mol. The number of nitrogens with one attached hydrogen (secondary N) is 1. The first-order valence-electron chi connectivity index (χ1n) is 4.48. The van der Waals surface area contributed by atoms with Crippen LogP contribution in [0.15, 0.2) is 18.2 Å². The smallest absolute Gasteiger partial charge is 0.325 e. The minimum atomic E-state index is -0.455. The molecule has 0 aliphatic carbocycles. The molecule has 0 aliphatic heterocycles. The van der Waals surface area contributed by atoms with Crippen LogP contribution in [0.3, 0.4) is 0 Å². The molecule has 0 saturated carbocycles. The summed E-state index contributed by atoms with van der Waals surface area (Å²) in [6.07, 6.45) is 0. The van der Waals surface area contributed by atoms with Crippen LogP contribution in [0.2, 0.25) is 5.02 Å². The number of hydrogen-bond acceptors (Lipinski definition) is 3.